The second-order valence-electron chi connectivity index (χ2n) is 2.73. The maximum atomic E-state index is 9.19. The van der Waals surface area contributed by atoms with Crippen molar-refractivity contribution < 1.29 is 14.6 Å². The molecule has 0 saturated heterocycles. The Kier molecular flexibility index (Phi) is 4.30. The molecule has 0 fully saturated rings. The zero-order chi connectivity index (χ0) is 12.0. The Morgan fingerprint density at radius 3 is 2.81 bits per heavy atom. The summed E-state index contributed by atoms with van der Waals surface area (Å²) in [5.41, 5.74) is 0.476. The monoisotopic (exact) mass is 220 g/mol. The molecule has 0 saturated carbocycles. The Hall–Kier alpha value is -2.06. The van der Waals surface area contributed by atoms with Crippen LogP contribution in [-0.4, -0.2) is 35.4 Å². The van der Waals surface area contributed by atoms with Gasteiger partial charge in [-0.1, -0.05) is 24.5 Å². The van der Waals surface area contributed by atoms with Gasteiger partial charge in [0.25, 0.3) is 0 Å². The molecule has 0 aromatic carbocycles. The van der Waals surface area contributed by atoms with Gasteiger partial charge < -0.3 is 14.6 Å². The molecule has 0 aliphatic rings. The van der Waals surface area contributed by atoms with Crippen molar-refractivity contribution in [3.8, 4) is 23.7 Å². The average molecular weight is 220 g/mol. The normalized spacial score (nSPS) is 10.9. The highest BCUT2D eigenvalue weighted by molar-refractivity contribution is 5.41. The van der Waals surface area contributed by atoms with Gasteiger partial charge in [-0.2, -0.15) is 4.98 Å². The van der Waals surface area contributed by atoms with Crippen molar-refractivity contribution in [2.45, 2.75) is 6.10 Å². The maximum Gasteiger partial charge on any atom is 0.319 e. The van der Waals surface area contributed by atoms with Crippen LogP contribution in [0.1, 0.15) is 5.56 Å². The minimum atomic E-state index is -0.883. The number of hydrogen-bond acceptors (Lipinski definition) is 5. The number of nitrogens with zero attached hydrogens (tertiary/aromatic N) is 2. The molecule has 84 valence electrons. The standard InChI is InChI=1S/C11H12N2O3/c1-4-9(14)6-5-8-7-12-11(16-3)13-10(8)15-2/h4,7,9,14H,1H2,2-3H3. The molecule has 1 aromatic rings. The van der Waals surface area contributed by atoms with Crippen molar-refractivity contribution in [1.82, 2.24) is 9.97 Å². The fourth-order valence-electron chi connectivity index (χ4n) is 0.901. The van der Waals surface area contributed by atoms with Gasteiger partial charge in [0, 0.05) is 0 Å². The van der Waals surface area contributed by atoms with E-state index >= 15 is 0 Å². The largest absolute Gasteiger partial charge is 0.480 e. The molecule has 1 N–H and O–H groups in total. The molecular weight excluding hydrogens is 208 g/mol. The molecule has 1 atom stereocenters. The van der Waals surface area contributed by atoms with Crippen molar-refractivity contribution in [2.75, 3.05) is 14.2 Å². The van der Waals surface area contributed by atoms with E-state index in [9.17, 15) is 5.11 Å². The highest BCUT2D eigenvalue weighted by Gasteiger charge is 2.05. The number of aliphatic hydroxyl groups excluding tert-OH is 1. The van der Waals surface area contributed by atoms with E-state index in [1.165, 1.54) is 26.5 Å². The summed E-state index contributed by atoms with van der Waals surface area (Å²) < 4.78 is 9.86. The van der Waals surface area contributed by atoms with Crippen LogP contribution in [-0.2, 0) is 0 Å². The molecule has 1 heterocycles. The molecular formula is C11H12N2O3. The molecule has 0 spiro atoms. The summed E-state index contributed by atoms with van der Waals surface area (Å²) in [7, 11) is 2.93. The highest BCUT2D eigenvalue weighted by Crippen LogP contribution is 2.15. The van der Waals surface area contributed by atoms with Gasteiger partial charge in [0.15, 0.2) is 0 Å². The van der Waals surface area contributed by atoms with E-state index in [4.69, 9.17) is 9.47 Å². The van der Waals surface area contributed by atoms with Crippen LogP contribution in [0.5, 0.6) is 11.9 Å². The van der Waals surface area contributed by atoms with Crippen molar-refractivity contribution in [1.29, 1.82) is 0 Å². The van der Waals surface area contributed by atoms with Crippen LogP contribution in [0.15, 0.2) is 18.9 Å². The molecule has 1 aromatic heterocycles. The third kappa shape index (κ3) is 2.97. The van der Waals surface area contributed by atoms with Crippen LogP contribution in [0.3, 0.4) is 0 Å². The fraction of sp³-hybridized carbons (Fsp3) is 0.273. The maximum absolute atomic E-state index is 9.19. The Labute approximate surface area is 93.8 Å². The lowest BCUT2D eigenvalue weighted by Crippen LogP contribution is -1.99. The van der Waals surface area contributed by atoms with Crippen molar-refractivity contribution in [3.05, 3.63) is 24.4 Å². The quantitative estimate of drug-likeness (QED) is 0.589. The molecule has 0 bridgehead atoms. The van der Waals surface area contributed by atoms with Gasteiger partial charge in [0.2, 0.25) is 5.88 Å². The lowest BCUT2D eigenvalue weighted by Gasteiger charge is -2.03. The van der Waals surface area contributed by atoms with Gasteiger partial charge in [0.05, 0.1) is 20.4 Å². The first-order valence-electron chi connectivity index (χ1n) is 4.48. The summed E-state index contributed by atoms with van der Waals surface area (Å²) in [4.78, 5) is 7.83. The first kappa shape index (κ1) is 12.0. The van der Waals surface area contributed by atoms with Gasteiger partial charge in [-0.15, -0.1) is 0 Å². The molecule has 0 radical (unpaired) electrons. The minimum absolute atomic E-state index is 0.201. The SMILES string of the molecule is C=CC(O)C#Cc1cnc(OC)nc1OC. The minimum Gasteiger partial charge on any atom is -0.480 e. The molecule has 0 amide bonds. The van der Waals surface area contributed by atoms with Crippen LogP contribution in [0.25, 0.3) is 0 Å². The van der Waals surface area contributed by atoms with Gasteiger partial charge in [-0.25, -0.2) is 4.98 Å². The van der Waals surface area contributed by atoms with Crippen LogP contribution in [0.4, 0.5) is 0 Å². The Morgan fingerprint density at radius 2 is 2.25 bits per heavy atom. The molecule has 5 heteroatoms. The second kappa shape index (κ2) is 5.73. The number of aromatic nitrogens is 2. The smallest absolute Gasteiger partial charge is 0.319 e. The second-order valence-corrected chi connectivity index (χ2v) is 2.73. The zero-order valence-electron chi connectivity index (χ0n) is 9.10. The summed E-state index contributed by atoms with van der Waals surface area (Å²) in [6.07, 6.45) is 1.91. The molecule has 1 rings (SSSR count). The predicted octanol–water partition coefficient (Wildman–Crippen LogP) is 0.392. The predicted molar refractivity (Wildman–Crippen MR) is 58.2 cm³/mol. The summed E-state index contributed by atoms with van der Waals surface area (Å²) in [5.74, 6) is 5.54. The summed E-state index contributed by atoms with van der Waals surface area (Å²) in [6, 6.07) is 0.201. The van der Waals surface area contributed by atoms with Crippen LogP contribution in [0, 0.1) is 11.8 Å². The number of methoxy groups -OCH3 is 2. The highest BCUT2D eigenvalue weighted by atomic mass is 16.5. The lowest BCUT2D eigenvalue weighted by atomic mass is 10.3. The lowest BCUT2D eigenvalue weighted by molar-refractivity contribution is 0.281. The molecule has 1 unspecified atom stereocenters. The summed E-state index contributed by atoms with van der Waals surface area (Å²) in [5, 5.41) is 9.19. The van der Waals surface area contributed by atoms with Crippen LogP contribution in [0.2, 0.25) is 0 Å². The number of ether oxygens (including phenoxy) is 2. The number of rotatable bonds is 3. The first-order chi connectivity index (χ1) is 7.71. The van der Waals surface area contributed by atoms with E-state index in [0.717, 1.165) is 0 Å². The van der Waals surface area contributed by atoms with E-state index in [1.54, 1.807) is 0 Å². The van der Waals surface area contributed by atoms with E-state index < -0.39 is 6.10 Å². The topological polar surface area (TPSA) is 64.5 Å². The third-order valence-electron chi connectivity index (χ3n) is 1.69. The van der Waals surface area contributed by atoms with E-state index in [-0.39, 0.29) is 6.01 Å². The Balaban J connectivity index is 3.03. The molecule has 16 heavy (non-hydrogen) atoms. The molecule has 0 aliphatic carbocycles. The van der Waals surface area contributed by atoms with Gasteiger partial charge in [-0.05, 0) is 0 Å². The van der Waals surface area contributed by atoms with Gasteiger partial charge >= 0.3 is 6.01 Å². The average Bonchev–Trinajstić information content (AvgIpc) is 2.35. The first-order valence-corrected chi connectivity index (χ1v) is 4.48. The molecule has 0 aliphatic heterocycles. The fourth-order valence-corrected chi connectivity index (χ4v) is 0.901. The Bertz CT molecular complexity index is 435. The van der Waals surface area contributed by atoms with E-state index in [2.05, 4.69) is 28.4 Å². The summed E-state index contributed by atoms with van der Waals surface area (Å²) in [6.45, 7) is 3.41. The van der Waals surface area contributed by atoms with Crippen LogP contribution < -0.4 is 9.47 Å². The Morgan fingerprint density at radius 1 is 1.50 bits per heavy atom. The zero-order valence-corrected chi connectivity index (χ0v) is 9.10. The van der Waals surface area contributed by atoms with Crippen molar-refractivity contribution in [3.63, 3.8) is 0 Å². The third-order valence-corrected chi connectivity index (χ3v) is 1.69. The number of aliphatic hydroxyl groups is 1. The van der Waals surface area contributed by atoms with Gasteiger partial charge in [-0.3, -0.25) is 0 Å². The van der Waals surface area contributed by atoms with E-state index in [0.29, 0.717) is 11.4 Å². The van der Waals surface area contributed by atoms with Crippen molar-refractivity contribution in [2.24, 2.45) is 0 Å². The van der Waals surface area contributed by atoms with Crippen LogP contribution >= 0.6 is 0 Å². The van der Waals surface area contributed by atoms with Gasteiger partial charge in [0.1, 0.15) is 11.7 Å². The van der Waals surface area contributed by atoms with Crippen molar-refractivity contribution >= 4 is 0 Å². The molecule has 5 nitrogen and oxygen atoms in total. The number of hydrogen-bond donors (Lipinski definition) is 1. The summed E-state index contributed by atoms with van der Waals surface area (Å²) >= 11 is 0. The van der Waals surface area contributed by atoms with E-state index in [1.807, 2.05) is 0 Å².